The molecule has 1 N–H and O–H groups in total. The summed E-state index contributed by atoms with van der Waals surface area (Å²) in [6.45, 7) is 16.3. The van der Waals surface area contributed by atoms with Crippen LogP contribution in [-0.2, 0) is 0 Å². The van der Waals surface area contributed by atoms with Gasteiger partial charge in [-0.25, -0.2) is 4.98 Å². The highest BCUT2D eigenvalue weighted by atomic mass is 16.4. The maximum atomic E-state index is 5.67. The first kappa shape index (κ1) is 14.3. The molecule has 0 atom stereocenters. The fraction of sp³-hybridized carbons (Fsp3) is 0.400. The van der Waals surface area contributed by atoms with E-state index in [4.69, 9.17) is 4.42 Å². The lowest BCUT2D eigenvalue weighted by Crippen LogP contribution is -2.24. The Morgan fingerprint density at radius 1 is 1.44 bits per heavy atom. The average Bonchev–Trinajstić information content (AvgIpc) is 2.70. The van der Waals surface area contributed by atoms with Crippen molar-refractivity contribution in [1.82, 2.24) is 10.3 Å². The van der Waals surface area contributed by atoms with E-state index in [-0.39, 0.29) is 0 Å². The van der Waals surface area contributed by atoms with Crippen LogP contribution in [0.3, 0.4) is 0 Å². The standard InChI is InChI=1S/C15H20N2O/c1-7-8-13-14(10(2)3)18-15(17-13)12(6)9-16-11(4)5/h11,16H,2,6,9H2,1,3-5H3. The first-order valence-electron chi connectivity index (χ1n) is 5.96. The van der Waals surface area contributed by atoms with Crippen molar-refractivity contribution in [2.45, 2.75) is 33.7 Å². The van der Waals surface area contributed by atoms with E-state index in [1.54, 1.807) is 6.92 Å². The van der Waals surface area contributed by atoms with Gasteiger partial charge in [0.15, 0.2) is 11.5 Å². The number of hydrogen-bond donors (Lipinski definition) is 1. The molecule has 0 unspecified atom stereocenters. The summed E-state index contributed by atoms with van der Waals surface area (Å²) < 4.78 is 5.67. The number of nitrogens with zero attached hydrogens (tertiary/aromatic N) is 1. The van der Waals surface area contributed by atoms with Gasteiger partial charge in [0.05, 0.1) is 0 Å². The van der Waals surface area contributed by atoms with Gasteiger partial charge in [-0.2, -0.15) is 0 Å². The van der Waals surface area contributed by atoms with Crippen molar-refractivity contribution in [2.75, 3.05) is 6.54 Å². The van der Waals surface area contributed by atoms with Crippen molar-refractivity contribution in [3.05, 3.63) is 30.5 Å². The van der Waals surface area contributed by atoms with E-state index in [2.05, 4.69) is 49.1 Å². The van der Waals surface area contributed by atoms with Crippen LogP contribution in [0.1, 0.15) is 45.0 Å². The van der Waals surface area contributed by atoms with E-state index in [1.807, 2.05) is 6.92 Å². The first-order valence-corrected chi connectivity index (χ1v) is 5.96. The minimum atomic E-state index is 0.396. The lowest BCUT2D eigenvalue weighted by Gasteiger charge is -2.07. The van der Waals surface area contributed by atoms with E-state index in [0.717, 1.165) is 11.1 Å². The second-order valence-electron chi connectivity index (χ2n) is 4.49. The number of oxazole rings is 1. The normalized spacial score (nSPS) is 10.1. The van der Waals surface area contributed by atoms with Crippen LogP contribution in [0.15, 0.2) is 17.6 Å². The molecule has 0 aromatic carbocycles. The molecular weight excluding hydrogens is 224 g/mol. The molecule has 0 spiro atoms. The van der Waals surface area contributed by atoms with Gasteiger partial charge in [0, 0.05) is 18.2 Å². The van der Waals surface area contributed by atoms with Crippen molar-refractivity contribution in [2.24, 2.45) is 0 Å². The van der Waals surface area contributed by atoms with E-state index in [0.29, 0.717) is 29.9 Å². The molecule has 18 heavy (non-hydrogen) atoms. The topological polar surface area (TPSA) is 38.1 Å². The SMILES string of the molecule is C=C(CNC(C)C)c1nc(C#CC)c(C(=C)C)o1. The van der Waals surface area contributed by atoms with Crippen molar-refractivity contribution < 1.29 is 4.42 Å². The maximum absolute atomic E-state index is 5.67. The molecule has 3 nitrogen and oxygen atoms in total. The molecule has 1 heterocycles. The summed E-state index contributed by atoms with van der Waals surface area (Å²) in [5, 5.41) is 3.28. The Kier molecular flexibility index (Phi) is 4.94. The van der Waals surface area contributed by atoms with Crippen LogP contribution >= 0.6 is 0 Å². The van der Waals surface area contributed by atoms with Crippen LogP contribution in [0.2, 0.25) is 0 Å². The molecule has 0 amide bonds. The summed E-state index contributed by atoms with van der Waals surface area (Å²) in [6.07, 6.45) is 0. The molecule has 1 aromatic heterocycles. The van der Waals surface area contributed by atoms with Gasteiger partial charge in [-0.15, -0.1) is 0 Å². The summed E-state index contributed by atoms with van der Waals surface area (Å²) in [5.74, 6) is 6.91. The second kappa shape index (κ2) is 6.23. The summed E-state index contributed by atoms with van der Waals surface area (Å²) in [4.78, 5) is 4.36. The highest BCUT2D eigenvalue weighted by molar-refractivity contribution is 5.65. The zero-order chi connectivity index (χ0) is 13.7. The Labute approximate surface area is 109 Å². The number of allylic oxidation sites excluding steroid dienone is 1. The van der Waals surface area contributed by atoms with E-state index >= 15 is 0 Å². The smallest absolute Gasteiger partial charge is 0.224 e. The van der Waals surface area contributed by atoms with Gasteiger partial charge >= 0.3 is 0 Å². The van der Waals surface area contributed by atoms with E-state index in [1.165, 1.54) is 0 Å². The number of aromatic nitrogens is 1. The van der Waals surface area contributed by atoms with Gasteiger partial charge in [0.1, 0.15) is 0 Å². The van der Waals surface area contributed by atoms with Crippen LogP contribution < -0.4 is 5.32 Å². The zero-order valence-electron chi connectivity index (χ0n) is 11.6. The molecule has 96 valence electrons. The number of nitrogens with one attached hydrogen (secondary N) is 1. The van der Waals surface area contributed by atoms with Crippen molar-refractivity contribution >= 4 is 11.1 Å². The molecule has 0 saturated carbocycles. The summed E-state index contributed by atoms with van der Waals surface area (Å²) in [6, 6.07) is 0.396. The van der Waals surface area contributed by atoms with Gasteiger partial charge in [-0.1, -0.05) is 32.9 Å². The zero-order valence-corrected chi connectivity index (χ0v) is 11.6. The maximum Gasteiger partial charge on any atom is 0.224 e. The minimum absolute atomic E-state index is 0.396. The Hall–Kier alpha value is -1.79. The van der Waals surface area contributed by atoms with Crippen LogP contribution in [0.4, 0.5) is 0 Å². The van der Waals surface area contributed by atoms with Gasteiger partial charge < -0.3 is 9.73 Å². The lowest BCUT2D eigenvalue weighted by atomic mass is 10.2. The molecular formula is C15H20N2O. The third-order valence-electron chi connectivity index (χ3n) is 2.28. The molecule has 0 fully saturated rings. The monoisotopic (exact) mass is 244 g/mol. The molecule has 0 aliphatic carbocycles. The Bertz CT molecular complexity index is 512. The molecule has 0 radical (unpaired) electrons. The molecule has 0 saturated heterocycles. The summed E-state index contributed by atoms with van der Waals surface area (Å²) in [5.41, 5.74) is 2.26. The third kappa shape index (κ3) is 3.61. The van der Waals surface area contributed by atoms with Gasteiger partial charge in [0.25, 0.3) is 0 Å². The summed E-state index contributed by atoms with van der Waals surface area (Å²) in [7, 11) is 0. The first-order chi connectivity index (χ1) is 8.45. The highest BCUT2D eigenvalue weighted by Crippen LogP contribution is 2.21. The van der Waals surface area contributed by atoms with Gasteiger partial charge in [0.2, 0.25) is 5.89 Å². The fourth-order valence-electron chi connectivity index (χ4n) is 1.37. The van der Waals surface area contributed by atoms with Crippen LogP contribution in [0.25, 0.3) is 11.1 Å². The quantitative estimate of drug-likeness (QED) is 0.809. The Morgan fingerprint density at radius 2 is 2.11 bits per heavy atom. The number of rotatable bonds is 5. The molecule has 0 aliphatic rings. The lowest BCUT2D eigenvalue weighted by molar-refractivity contribution is 0.523. The van der Waals surface area contributed by atoms with Gasteiger partial charge in [-0.3, -0.25) is 0 Å². The van der Waals surface area contributed by atoms with Crippen LogP contribution in [-0.4, -0.2) is 17.6 Å². The molecule has 0 bridgehead atoms. The Morgan fingerprint density at radius 3 is 2.61 bits per heavy atom. The largest absolute Gasteiger partial charge is 0.435 e. The van der Waals surface area contributed by atoms with Crippen molar-refractivity contribution in [3.8, 4) is 11.8 Å². The predicted octanol–water partition coefficient (Wildman–Crippen LogP) is 3.09. The van der Waals surface area contributed by atoms with E-state index in [9.17, 15) is 0 Å². The predicted molar refractivity (Wildman–Crippen MR) is 75.9 cm³/mol. The molecule has 1 rings (SSSR count). The van der Waals surface area contributed by atoms with Crippen molar-refractivity contribution in [3.63, 3.8) is 0 Å². The Balaban J connectivity index is 2.96. The highest BCUT2D eigenvalue weighted by Gasteiger charge is 2.14. The third-order valence-corrected chi connectivity index (χ3v) is 2.28. The fourth-order valence-corrected chi connectivity index (χ4v) is 1.37. The molecule has 1 aromatic rings. The minimum Gasteiger partial charge on any atom is -0.435 e. The molecule has 3 heteroatoms. The van der Waals surface area contributed by atoms with Crippen molar-refractivity contribution in [1.29, 1.82) is 0 Å². The van der Waals surface area contributed by atoms with Crippen LogP contribution in [0, 0.1) is 11.8 Å². The summed E-state index contributed by atoms with van der Waals surface area (Å²) >= 11 is 0. The average molecular weight is 244 g/mol. The van der Waals surface area contributed by atoms with Gasteiger partial charge in [-0.05, 0) is 25.3 Å². The second-order valence-corrected chi connectivity index (χ2v) is 4.49. The molecule has 0 aliphatic heterocycles. The van der Waals surface area contributed by atoms with Crippen LogP contribution in [0.5, 0.6) is 0 Å². The van der Waals surface area contributed by atoms with E-state index < -0.39 is 0 Å². The number of hydrogen-bond acceptors (Lipinski definition) is 3.